The molecule has 2 N–H and O–H groups in total. The van der Waals surface area contributed by atoms with Gasteiger partial charge in [0, 0.05) is 45.2 Å². The monoisotopic (exact) mass is 526 g/mol. The Bertz CT molecular complexity index is 1020. The van der Waals surface area contributed by atoms with E-state index in [0.29, 0.717) is 6.10 Å². The topological polar surface area (TPSA) is 109 Å². The molecule has 1 aromatic carbocycles. The van der Waals surface area contributed by atoms with Crippen LogP contribution in [0.5, 0.6) is 0 Å². The number of hydrogen-bond donors (Lipinski definition) is 2. The zero-order chi connectivity index (χ0) is 27.1. The van der Waals surface area contributed by atoms with Crippen molar-refractivity contribution in [3.63, 3.8) is 0 Å². The number of nitrogens with zero attached hydrogens (tertiary/aromatic N) is 2. The van der Waals surface area contributed by atoms with E-state index in [1.54, 1.807) is 7.11 Å². The fraction of sp³-hybridized carbons (Fsp3) is 0.500. The number of alkyl halides is 6. The summed E-state index contributed by atoms with van der Waals surface area (Å²) >= 11 is 0. The lowest BCUT2D eigenvalue weighted by Gasteiger charge is -2.53. The van der Waals surface area contributed by atoms with Crippen molar-refractivity contribution < 1.29 is 55.6 Å². The standard InChI is InChI=1S/C18H22N2O2.2C2HF3O2/c1-21-16-8-9-22-18(10-16)12-20(13-18)11-15-7-6-14-4-2-3-5-17(14)19-15;2*3-2(4,5)1(6)7/h2-7,16H,8-13H2,1H3;2*(H,6,7). The predicted molar refractivity (Wildman–Crippen MR) is 113 cm³/mol. The van der Waals surface area contributed by atoms with E-state index in [1.807, 2.05) is 6.07 Å². The average Bonchev–Trinajstić information content (AvgIpc) is 2.77. The van der Waals surface area contributed by atoms with Crippen LogP contribution in [0.2, 0.25) is 0 Å². The van der Waals surface area contributed by atoms with Crippen LogP contribution in [0.25, 0.3) is 10.9 Å². The van der Waals surface area contributed by atoms with Gasteiger partial charge in [0.05, 0.1) is 22.9 Å². The lowest BCUT2D eigenvalue weighted by atomic mass is 9.84. The number of methoxy groups -OCH3 is 1. The first-order valence-corrected chi connectivity index (χ1v) is 10.5. The Balaban J connectivity index is 0.000000271. The Hall–Kier alpha value is -2.97. The molecule has 36 heavy (non-hydrogen) atoms. The van der Waals surface area contributed by atoms with Crippen LogP contribution in [0.3, 0.4) is 0 Å². The number of aromatic nitrogens is 1. The first kappa shape index (κ1) is 29.3. The number of rotatable bonds is 3. The molecule has 0 radical (unpaired) electrons. The molecule has 2 aliphatic heterocycles. The van der Waals surface area contributed by atoms with Crippen LogP contribution in [-0.2, 0) is 25.6 Å². The molecule has 0 bridgehead atoms. The van der Waals surface area contributed by atoms with Gasteiger partial charge in [-0.05, 0) is 18.6 Å². The minimum Gasteiger partial charge on any atom is -0.475 e. The number of aliphatic carboxylic acids is 2. The summed E-state index contributed by atoms with van der Waals surface area (Å²) < 4.78 is 75.0. The van der Waals surface area contributed by atoms with E-state index in [-0.39, 0.29) is 5.60 Å². The Morgan fingerprint density at radius 3 is 2.14 bits per heavy atom. The summed E-state index contributed by atoms with van der Waals surface area (Å²) in [6, 6.07) is 12.6. The van der Waals surface area contributed by atoms with Gasteiger partial charge in [-0.15, -0.1) is 0 Å². The van der Waals surface area contributed by atoms with Crippen molar-refractivity contribution in [3.05, 3.63) is 42.1 Å². The summed E-state index contributed by atoms with van der Waals surface area (Å²) in [6.45, 7) is 3.69. The number of hydrogen-bond acceptors (Lipinski definition) is 6. The molecule has 2 fully saturated rings. The van der Waals surface area contributed by atoms with E-state index >= 15 is 0 Å². The molecule has 200 valence electrons. The number of carboxylic acid groups (broad SMARTS) is 2. The van der Waals surface area contributed by atoms with Gasteiger partial charge in [0.25, 0.3) is 0 Å². The van der Waals surface area contributed by atoms with E-state index in [2.05, 4.69) is 35.2 Å². The number of likely N-dealkylation sites (tertiary alicyclic amines) is 1. The molecule has 0 amide bonds. The van der Waals surface area contributed by atoms with Gasteiger partial charge in [-0.25, -0.2) is 9.59 Å². The second-order valence-electron chi connectivity index (χ2n) is 8.13. The molecule has 0 aliphatic carbocycles. The molecule has 2 aromatic rings. The zero-order valence-corrected chi connectivity index (χ0v) is 19.0. The highest BCUT2D eigenvalue weighted by molar-refractivity contribution is 5.78. The Kier molecular flexibility index (Phi) is 9.63. The lowest BCUT2D eigenvalue weighted by Crippen LogP contribution is -2.65. The molecular formula is C22H24F6N2O6. The van der Waals surface area contributed by atoms with E-state index in [9.17, 15) is 26.3 Å². The minimum atomic E-state index is -5.08. The van der Waals surface area contributed by atoms with Gasteiger partial charge >= 0.3 is 24.3 Å². The second-order valence-corrected chi connectivity index (χ2v) is 8.13. The van der Waals surface area contributed by atoms with Gasteiger partial charge in [-0.2, -0.15) is 26.3 Å². The van der Waals surface area contributed by atoms with E-state index in [1.165, 1.54) is 5.39 Å². The number of halogens is 6. The summed E-state index contributed by atoms with van der Waals surface area (Å²) in [4.78, 5) is 25.0. The molecule has 2 aliphatic rings. The number of carboxylic acids is 2. The van der Waals surface area contributed by atoms with Gasteiger partial charge in [0.15, 0.2) is 0 Å². The maximum Gasteiger partial charge on any atom is 0.490 e. The number of carbonyl (C=O) groups is 2. The highest BCUT2D eigenvalue weighted by Gasteiger charge is 2.47. The molecule has 1 aromatic heterocycles. The molecule has 8 nitrogen and oxygen atoms in total. The third kappa shape index (κ3) is 8.60. The second kappa shape index (κ2) is 11.8. The SMILES string of the molecule is COC1CCOC2(C1)CN(Cc1ccc3ccccc3n1)C2.O=C(O)C(F)(F)F.O=C(O)C(F)(F)F. The molecule has 2 saturated heterocycles. The van der Waals surface area contributed by atoms with Crippen molar-refractivity contribution in [3.8, 4) is 0 Å². The van der Waals surface area contributed by atoms with Crippen molar-refractivity contribution in [1.29, 1.82) is 0 Å². The average molecular weight is 526 g/mol. The molecule has 0 saturated carbocycles. The lowest BCUT2D eigenvalue weighted by molar-refractivity contribution is -0.195. The van der Waals surface area contributed by atoms with Crippen molar-refractivity contribution in [2.45, 2.75) is 43.4 Å². The Morgan fingerprint density at radius 1 is 1.06 bits per heavy atom. The summed E-state index contributed by atoms with van der Waals surface area (Å²) in [6.07, 6.45) is -7.77. The highest BCUT2D eigenvalue weighted by Crippen LogP contribution is 2.35. The van der Waals surface area contributed by atoms with Crippen molar-refractivity contribution in [2.24, 2.45) is 0 Å². The van der Waals surface area contributed by atoms with Crippen LogP contribution in [0.1, 0.15) is 18.5 Å². The molecule has 1 atom stereocenters. The molecule has 3 heterocycles. The van der Waals surface area contributed by atoms with Crippen molar-refractivity contribution >= 4 is 22.8 Å². The van der Waals surface area contributed by atoms with Crippen LogP contribution in [0, 0.1) is 0 Å². The summed E-state index contributed by atoms with van der Waals surface area (Å²) in [7, 11) is 1.80. The quantitative estimate of drug-likeness (QED) is 0.581. The Labute approximate surface area is 201 Å². The fourth-order valence-corrected chi connectivity index (χ4v) is 3.71. The van der Waals surface area contributed by atoms with Crippen LogP contribution in [0.4, 0.5) is 26.3 Å². The van der Waals surface area contributed by atoms with E-state index in [0.717, 1.165) is 50.3 Å². The van der Waals surface area contributed by atoms with Gasteiger partial charge in [-0.1, -0.05) is 24.3 Å². The van der Waals surface area contributed by atoms with Crippen molar-refractivity contribution in [1.82, 2.24) is 9.88 Å². The molecule has 4 rings (SSSR count). The summed E-state index contributed by atoms with van der Waals surface area (Å²) in [5.41, 5.74) is 2.23. The van der Waals surface area contributed by atoms with Crippen LogP contribution in [-0.4, -0.2) is 82.9 Å². The van der Waals surface area contributed by atoms with Crippen LogP contribution in [0.15, 0.2) is 36.4 Å². The largest absolute Gasteiger partial charge is 0.490 e. The summed E-state index contributed by atoms with van der Waals surface area (Å²) in [5.74, 6) is -5.51. The fourth-order valence-electron chi connectivity index (χ4n) is 3.71. The van der Waals surface area contributed by atoms with Crippen molar-refractivity contribution in [2.75, 3.05) is 26.8 Å². The smallest absolute Gasteiger partial charge is 0.475 e. The van der Waals surface area contributed by atoms with E-state index < -0.39 is 24.3 Å². The van der Waals surface area contributed by atoms with E-state index in [4.69, 9.17) is 34.3 Å². The third-order valence-corrected chi connectivity index (χ3v) is 5.33. The van der Waals surface area contributed by atoms with Gasteiger partial charge in [-0.3, -0.25) is 9.88 Å². The number of pyridine rings is 1. The molecule has 1 unspecified atom stereocenters. The predicted octanol–water partition coefficient (Wildman–Crippen LogP) is 3.88. The highest BCUT2D eigenvalue weighted by atomic mass is 19.4. The minimum absolute atomic E-state index is 0.0236. The van der Waals surface area contributed by atoms with Gasteiger partial charge < -0.3 is 19.7 Å². The first-order valence-electron chi connectivity index (χ1n) is 10.5. The molecule has 1 spiro atoms. The normalized spacial score (nSPS) is 19.4. The third-order valence-electron chi connectivity index (χ3n) is 5.33. The number of benzene rings is 1. The maximum absolute atomic E-state index is 10.6. The number of para-hydroxylation sites is 1. The number of ether oxygens (including phenoxy) is 2. The van der Waals surface area contributed by atoms with Crippen LogP contribution >= 0.6 is 0 Å². The molecule has 14 heteroatoms. The summed E-state index contributed by atoms with van der Waals surface area (Å²) in [5, 5.41) is 15.4. The maximum atomic E-state index is 10.6. The van der Waals surface area contributed by atoms with Crippen LogP contribution < -0.4 is 0 Å². The van der Waals surface area contributed by atoms with Gasteiger partial charge in [0.2, 0.25) is 0 Å². The Morgan fingerprint density at radius 2 is 1.61 bits per heavy atom. The first-order chi connectivity index (χ1) is 16.6. The van der Waals surface area contributed by atoms with Gasteiger partial charge in [0.1, 0.15) is 0 Å². The molecular weight excluding hydrogens is 502 g/mol. The number of fused-ring (bicyclic) bond motifs is 1. The zero-order valence-electron chi connectivity index (χ0n) is 19.0.